The van der Waals surface area contributed by atoms with E-state index >= 15 is 0 Å². The summed E-state index contributed by atoms with van der Waals surface area (Å²) in [7, 11) is 0. The molecule has 0 aromatic heterocycles. The standard InChI is InChI=1S/C8H19NS/c1-3-4-8(7-9)5-6-10-2/h8H,3-7,9H2,1-2H3. The zero-order chi connectivity index (χ0) is 7.82. The highest BCUT2D eigenvalue weighted by Gasteiger charge is 2.03. The maximum Gasteiger partial charge on any atom is -0.00486 e. The van der Waals surface area contributed by atoms with E-state index in [1.54, 1.807) is 0 Å². The summed E-state index contributed by atoms with van der Waals surface area (Å²) < 4.78 is 0. The van der Waals surface area contributed by atoms with E-state index < -0.39 is 0 Å². The minimum Gasteiger partial charge on any atom is -0.330 e. The number of hydrogen-bond acceptors (Lipinski definition) is 2. The molecule has 1 unspecified atom stereocenters. The van der Waals surface area contributed by atoms with Crippen LogP contribution in [0.15, 0.2) is 0 Å². The van der Waals surface area contributed by atoms with Gasteiger partial charge in [-0.05, 0) is 37.3 Å². The summed E-state index contributed by atoms with van der Waals surface area (Å²) in [6.07, 6.45) is 6.03. The summed E-state index contributed by atoms with van der Waals surface area (Å²) in [5.74, 6) is 2.04. The number of nitrogens with two attached hydrogens (primary N) is 1. The molecule has 0 rings (SSSR count). The number of hydrogen-bond donors (Lipinski definition) is 1. The van der Waals surface area contributed by atoms with Crippen LogP contribution < -0.4 is 5.73 Å². The van der Waals surface area contributed by atoms with Crippen molar-refractivity contribution in [1.82, 2.24) is 0 Å². The Kier molecular flexibility index (Phi) is 7.65. The summed E-state index contributed by atoms with van der Waals surface area (Å²) in [5, 5.41) is 0. The molecular formula is C8H19NS. The predicted molar refractivity (Wildman–Crippen MR) is 50.5 cm³/mol. The molecule has 0 bridgehead atoms. The Morgan fingerprint density at radius 3 is 2.50 bits per heavy atom. The molecule has 0 amide bonds. The van der Waals surface area contributed by atoms with Gasteiger partial charge in [0, 0.05) is 0 Å². The average Bonchev–Trinajstić information content (AvgIpc) is 1.98. The number of thioether (sulfide) groups is 1. The summed E-state index contributed by atoms with van der Waals surface area (Å²) in [4.78, 5) is 0. The fourth-order valence-corrected chi connectivity index (χ4v) is 1.64. The molecule has 0 aliphatic rings. The first-order chi connectivity index (χ1) is 4.85. The van der Waals surface area contributed by atoms with Gasteiger partial charge in [0.05, 0.1) is 0 Å². The lowest BCUT2D eigenvalue weighted by Gasteiger charge is -2.11. The van der Waals surface area contributed by atoms with Crippen LogP contribution in [-0.2, 0) is 0 Å². The summed E-state index contributed by atoms with van der Waals surface area (Å²) in [6.45, 7) is 3.09. The molecule has 1 atom stereocenters. The largest absolute Gasteiger partial charge is 0.330 e. The molecule has 0 aliphatic heterocycles. The lowest BCUT2D eigenvalue weighted by molar-refractivity contribution is 0.479. The molecule has 0 saturated heterocycles. The van der Waals surface area contributed by atoms with Gasteiger partial charge in [0.15, 0.2) is 0 Å². The lowest BCUT2D eigenvalue weighted by atomic mass is 10.0. The highest BCUT2D eigenvalue weighted by molar-refractivity contribution is 7.98. The Balaban J connectivity index is 3.21. The van der Waals surface area contributed by atoms with E-state index in [9.17, 15) is 0 Å². The van der Waals surface area contributed by atoms with Crippen molar-refractivity contribution in [2.24, 2.45) is 11.7 Å². The van der Waals surface area contributed by atoms with Crippen molar-refractivity contribution in [3.05, 3.63) is 0 Å². The molecule has 2 heteroatoms. The van der Waals surface area contributed by atoms with Crippen LogP contribution in [-0.4, -0.2) is 18.6 Å². The van der Waals surface area contributed by atoms with Crippen molar-refractivity contribution in [3.8, 4) is 0 Å². The van der Waals surface area contributed by atoms with Crippen LogP contribution in [0.3, 0.4) is 0 Å². The van der Waals surface area contributed by atoms with Crippen molar-refractivity contribution in [2.45, 2.75) is 26.2 Å². The van der Waals surface area contributed by atoms with Gasteiger partial charge in [-0.25, -0.2) is 0 Å². The molecule has 0 heterocycles. The third-order valence-electron chi connectivity index (χ3n) is 1.76. The SMILES string of the molecule is CCCC(CN)CCSC. The molecule has 0 aliphatic carbocycles. The summed E-state index contributed by atoms with van der Waals surface area (Å²) in [6, 6.07) is 0. The van der Waals surface area contributed by atoms with Crippen LogP contribution in [0.1, 0.15) is 26.2 Å². The third kappa shape index (κ3) is 5.12. The van der Waals surface area contributed by atoms with E-state index in [2.05, 4.69) is 13.2 Å². The maximum absolute atomic E-state index is 5.59. The van der Waals surface area contributed by atoms with Gasteiger partial charge < -0.3 is 5.73 Å². The molecule has 62 valence electrons. The normalized spacial score (nSPS) is 13.5. The van der Waals surface area contributed by atoms with E-state index in [4.69, 9.17) is 5.73 Å². The van der Waals surface area contributed by atoms with Crippen LogP contribution in [0.2, 0.25) is 0 Å². The molecule has 0 saturated carbocycles. The molecule has 0 fully saturated rings. The first-order valence-corrected chi connectivity index (χ1v) is 5.43. The highest BCUT2D eigenvalue weighted by atomic mass is 32.2. The summed E-state index contributed by atoms with van der Waals surface area (Å²) >= 11 is 1.92. The van der Waals surface area contributed by atoms with E-state index in [1.807, 2.05) is 11.8 Å². The second-order valence-corrected chi connectivity index (χ2v) is 3.66. The number of rotatable bonds is 6. The topological polar surface area (TPSA) is 26.0 Å². The smallest absolute Gasteiger partial charge is 0.00486 e. The molecule has 0 spiro atoms. The molecule has 0 aromatic carbocycles. The monoisotopic (exact) mass is 161 g/mol. The zero-order valence-electron chi connectivity index (χ0n) is 7.10. The Hall–Kier alpha value is 0.310. The highest BCUT2D eigenvalue weighted by Crippen LogP contribution is 2.11. The van der Waals surface area contributed by atoms with E-state index in [0.717, 1.165) is 12.5 Å². The molecule has 0 aromatic rings. The lowest BCUT2D eigenvalue weighted by Crippen LogP contribution is -2.14. The quantitative estimate of drug-likeness (QED) is 0.645. The zero-order valence-corrected chi connectivity index (χ0v) is 7.91. The van der Waals surface area contributed by atoms with E-state index in [-0.39, 0.29) is 0 Å². The third-order valence-corrected chi connectivity index (χ3v) is 2.40. The van der Waals surface area contributed by atoms with Crippen molar-refractivity contribution in [2.75, 3.05) is 18.6 Å². The van der Waals surface area contributed by atoms with Crippen molar-refractivity contribution < 1.29 is 0 Å². The van der Waals surface area contributed by atoms with Crippen LogP contribution in [0.5, 0.6) is 0 Å². The Morgan fingerprint density at radius 2 is 2.10 bits per heavy atom. The van der Waals surface area contributed by atoms with Gasteiger partial charge >= 0.3 is 0 Å². The Labute approximate surface area is 68.8 Å². The molecule has 1 nitrogen and oxygen atoms in total. The van der Waals surface area contributed by atoms with Crippen LogP contribution in [0, 0.1) is 5.92 Å². The molecule has 0 radical (unpaired) electrons. The van der Waals surface area contributed by atoms with Gasteiger partial charge in [-0.3, -0.25) is 0 Å². The van der Waals surface area contributed by atoms with Gasteiger partial charge in [-0.1, -0.05) is 13.3 Å². The first-order valence-electron chi connectivity index (χ1n) is 4.04. The molecule has 10 heavy (non-hydrogen) atoms. The van der Waals surface area contributed by atoms with Gasteiger partial charge in [0.2, 0.25) is 0 Å². The second-order valence-electron chi connectivity index (χ2n) is 2.67. The van der Waals surface area contributed by atoms with Crippen molar-refractivity contribution in [1.29, 1.82) is 0 Å². The second kappa shape index (κ2) is 7.42. The van der Waals surface area contributed by atoms with E-state index in [0.29, 0.717) is 0 Å². The maximum atomic E-state index is 5.59. The van der Waals surface area contributed by atoms with Gasteiger partial charge in [0.25, 0.3) is 0 Å². The minimum absolute atomic E-state index is 0.775. The first kappa shape index (κ1) is 10.3. The van der Waals surface area contributed by atoms with Crippen LogP contribution >= 0.6 is 11.8 Å². The van der Waals surface area contributed by atoms with Gasteiger partial charge in [-0.15, -0.1) is 0 Å². The van der Waals surface area contributed by atoms with Crippen molar-refractivity contribution >= 4 is 11.8 Å². The van der Waals surface area contributed by atoms with Gasteiger partial charge in [0.1, 0.15) is 0 Å². The minimum atomic E-state index is 0.775. The van der Waals surface area contributed by atoms with E-state index in [1.165, 1.54) is 25.0 Å². The Bertz CT molecular complexity index is 66.3. The van der Waals surface area contributed by atoms with Crippen LogP contribution in [0.4, 0.5) is 0 Å². The summed E-state index contributed by atoms with van der Waals surface area (Å²) in [5.41, 5.74) is 5.59. The average molecular weight is 161 g/mol. The fraction of sp³-hybridized carbons (Fsp3) is 1.00. The Morgan fingerprint density at radius 1 is 1.40 bits per heavy atom. The predicted octanol–water partition coefficient (Wildman–Crippen LogP) is 2.11. The van der Waals surface area contributed by atoms with Crippen molar-refractivity contribution in [3.63, 3.8) is 0 Å². The van der Waals surface area contributed by atoms with Crippen LogP contribution in [0.25, 0.3) is 0 Å². The fourth-order valence-electron chi connectivity index (χ4n) is 1.07. The molecule has 2 N–H and O–H groups in total. The van der Waals surface area contributed by atoms with Gasteiger partial charge in [-0.2, -0.15) is 11.8 Å². The molecular weight excluding hydrogens is 142 g/mol.